The number of carbonyl (C=O) groups is 1. The maximum atomic E-state index is 13.9. The van der Waals surface area contributed by atoms with E-state index in [1.807, 2.05) is 48.5 Å². The summed E-state index contributed by atoms with van der Waals surface area (Å²) in [6.07, 6.45) is 3.06. The fourth-order valence-corrected chi connectivity index (χ4v) is 6.78. The number of likely N-dealkylation sites (tertiary alicyclic amines) is 1. The van der Waals surface area contributed by atoms with Gasteiger partial charge >= 0.3 is 5.97 Å². The van der Waals surface area contributed by atoms with Crippen molar-refractivity contribution in [2.45, 2.75) is 44.6 Å². The van der Waals surface area contributed by atoms with Crippen LogP contribution in [0.5, 0.6) is 0 Å². The van der Waals surface area contributed by atoms with Gasteiger partial charge in [-0.3, -0.25) is 9.69 Å². The Labute approximate surface area is 245 Å². The number of hydrogen-bond acceptors (Lipinski definition) is 6. The monoisotopic (exact) mass is 571 g/mol. The van der Waals surface area contributed by atoms with Crippen molar-refractivity contribution in [3.63, 3.8) is 0 Å². The first-order valence-corrected chi connectivity index (χ1v) is 15.4. The van der Waals surface area contributed by atoms with Gasteiger partial charge in [0.25, 0.3) is 0 Å². The average Bonchev–Trinajstić information content (AvgIpc) is 3.41. The summed E-state index contributed by atoms with van der Waals surface area (Å²) in [5.74, 6) is -0.526. The number of ether oxygens (including phenoxy) is 1. The third-order valence-electron chi connectivity index (χ3n) is 8.07. The first-order chi connectivity index (χ1) is 20.0. The summed E-state index contributed by atoms with van der Waals surface area (Å²) in [6.45, 7) is 4.86. The quantitative estimate of drug-likeness (QED) is 0.104. The molecular weight excluding hydrogens is 533 g/mol. The molecule has 0 radical (unpaired) electrons. The van der Waals surface area contributed by atoms with Crippen molar-refractivity contribution in [3.05, 3.63) is 101 Å². The Hall–Kier alpha value is -3.55. The highest BCUT2D eigenvalue weighted by atomic mass is 32.1. The van der Waals surface area contributed by atoms with Gasteiger partial charge in [-0.25, -0.2) is 4.39 Å². The molecule has 3 unspecified atom stereocenters. The van der Waals surface area contributed by atoms with Crippen LogP contribution >= 0.6 is 11.3 Å². The van der Waals surface area contributed by atoms with Gasteiger partial charge in [-0.15, -0.1) is 11.3 Å². The molecule has 2 N–H and O–H groups in total. The Balaban J connectivity index is 1.28. The van der Waals surface area contributed by atoms with Gasteiger partial charge in [-0.1, -0.05) is 61.5 Å². The molecule has 1 fully saturated rings. The summed E-state index contributed by atoms with van der Waals surface area (Å²) in [6, 6.07) is 24.5. The van der Waals surface area contributed by atoms with Gasteiger partial charge < -0.3 is 15.5 Å². The van der Waals surface area contributed by atoms with Crippen LogP contribution in [0.4, 0.5) is 10.1 Å². The van der Waals surface area contributed by atoms with Gasteiger partial charge in [0.05, 0.1) is 11.6 Å². The molecule has 5 nitrogen and oxygen atoms in total. The predicted octanol–water partition coefficient (Wildman–Crippen LogP) is 7.73. The maximum absolute atomic E-state index is 13.9. The molecule has 214 valence electrons. The normalized spacial score (nSPS) is 18.2. The van der Waals surface area contributed by atoms with Crippen LogP contribution in [0.15, 0.2) is 84.2 Å². The van der Waals surface area contributed by atoms with Crippen LogP contribution in [0.2, 0.25) is 0 Å². The van der Waals surface area contributed by atoms with Crippen molar-refractivity contribution < 1.29 is 13.9 Å². The lowest BCUT2D eigenvalue weighted by Gasteiger charge is -2.38. The van der Waals surface area contributed by atoms with Crippen LogP contribution in [-0.2, 0) is 9.53 Å². The second-order valence-electron chi connectivity index (χ2n) is 10.8. The van der Waals surface area contributed by atoms with E-state index in [0.717, 1.165) is 52.7 Å². The van der Waals surface area contributed by atoms with Gasteiger partial charge in [0.2, 0.25) is 0 Å². The second-order valence-corrected chi connectivity index (χ2v) is 11.7. The van der Waals surface area contributed by atoms with Gasteiger partial charge in [0.15, 0.2) is 0 Å². The van der Waals surface area contributed by atoms with Gasteiger partial charge in [-0.05, 0) is 84.3 Å². The topological polar surface area (TPSA) is 65.4 Å². The van der Waals surface area contributed by atoms with E-state index in [1.54, 1.807) is 17.4 Å². The summed E-state index contributed by atoms with van der Waals surface area (Å²) in [5, 5.41) is 15.1. The molecule has 0 bridgehead atoms. The number of esters is 1. The van der Waals surface area contributed by atoms with Gasteiger partial charge in [0.1, 0.15) is 11.9 Å². The molecular formula is C34H38FN3O2S. The molecule has 0 saturated carbocycles. The lowest BCUT2D eigenvalue weighted by Crippen LogP contribution is -2.47. The molecule has 1 saturated heterocycles. The van der Waals surface area contributed by atoms with Crippen molar-refractivity contribution in [2.75, 3.05) is 31.5 Å². The Morgan fingerprint density at radius 3 is 2.73 bits per heavy atom. The number of hydrogen-bond donors (Lipinski definition) is 2. The van der Waals surface area contributed by atoms with Crippen molar-refractivity contribution in [3.8, 4) is 0 Å². The van der Waals surface area contributed by atoms with Crippen molar-refractivity contribution >= 4 is 38.8 Å². The summed E-state index contributed by atoms with van der Waals surface area (Å²) < 4.78 is 21.1. The maximum Gasteiger partial charge on any atom is 0.313 e. The highest BCUT2D eigenvalue weighted by molar-refractivity contribution is 7.17. The van der Waals surface area contributed by atoms with Crippen molar-refractivity contribution in [2.24, 2.45) is 5.92 Å². The number of halogens is 1. The first-order valence-electron chi connectivity index (χ1n) is 14.5. The molecule has 3 atom stereocenters. The zero-order valence-electron chi connectivity index (χ0n) is 23.5. The van der Waals surface area contributed by atoms with Gasteiger partial charge in [-0.2, -0.15) is 0 Å². The van der Waals surface area contributed by atoms with E-state index in [0.29, 0.717) is 37.7 Å². The van der Waals surface area contributed by atoms with Gasteiger partial charge in [0, 0.05) is 30.0 Å². The van der Waals surface area contributed by atoms with E-state index in [1.165, 1.54) is 12.1 Å². The fraction of sp³-hybridized carbons (Fsp3) is 0.353. The summed E-state index contributed by atoms with van der Waals surface area (Å²) in [4.78, 5) is 16.2. The van der Waals surface area contributed by atoms with E-state index in [9.17, 15) is 9.18 Å². The van der Waals surface area contributed by atoms with Crippen LogP contribution in [0.1, 0.15) is 49.7 Å². The molecule has 0 spiro atoms. The third kappa shape index (κ3) is 7.40. The number of benzene rings is 3. The van der Waals surface area contributed by atoms with Crippen LogP contribution < -0.4 is 5.32 Å². The van der Waals surface area contributed by atoms with E-state index in [2.05, 4.69) is 34.7 Å². The standard InChI is InChI=1S/C34H38FN3O2S/c1-2-24-17-19-38(21-31(36)25-10-4-3-5-11-25)22-32(24)40-34(39)29(30-23-41-33-16-7-6-14-28(30)33)15-9-18-37-27-13-8-12-26(35)20-27/h3-8,10-14,16,20,23-24,29,32,36-37H,2,9,15,17-19,21-22H2,1H3. The summed E-state index contributed by atoms with van der Waals surface area (Å²) in [7, 11) is 0. The largest absolute Gasteiger partial charge is 0.460 e. The molecule has 7 heteroatoms. The number of thiophene rings is 1. The highest BCUT2D eigenvalue weighted by Crippen LogP contribution is 2.35. The Morgan fingerprint density at radius 2 is 1.93 bits per heavy atom. The fourth-order valence-electron chi connectivity index (χ4n) is 5.76. The molecule has 3 aromatic carbocycles. The smallest absolute Gasteiger partial charge is 0.313 e. The molecule has 4 aromatic rings. The molecule has 2 heterocycles. The average molecular weight is 572 g/mol. The second kappa shape index (κ2) is 13.9. The minimum absolute atomic E-state index is 0.178. The molecule has 1 aliphatic rings. The number of piperidine rings is 1. The van der Waals surface area contributed by atoms with Crippen LogP contribution in [0.3, 0.4) is 0 Å². The lowest BCUT2D eigenvalue weighted by atomic mass is 9.90. The minimum Gasteiger partial charge on any atom is -0.460 e. The van der Waals surface area contributed by atoms with E-state index in [4.69, 9.17) is 10.1 Å². The SMILES string of the molecule is CCC1CCN(CC(=N)c2ccccc2)CC1OC(=O)C(CCCNc1cccc(F)c1)c1csc2ccccc12. The third-order valence-corrected chi connectivity index (χ3v) is 9.05. The van der Waals surface area contributed by atoms with Crippen LogP contribution in [0, 0.1) is 17.1 Å². The number of fused-ring (bicyclic) bond motifs is 1. The Kier molecular flexibility index (Phi) is 9.80. The molecule has 5 rings (SSSR count). The van der Waals surface area contributed by atoms with E-state index < -0.39 is 0 Å². The van der Waals surface area contributed by atoms with E-state index >= 15 is 0 Å². The molecule has 0 amide bonds. The summed E-state index contributed by atoms with van der Waals surface area (Å²) >= 11 is 1.66. The number of carbonyl (C=O) groups excluding carboxylic acids is 1. The number of anilines is 1. The molecule has 1 aromatic heterocycles. The Bertz CT molecular complexity index is 1460. The number of rotatable bonds is 12. The molecule has 1 aliphatic heterocycles. The zero-order chi connectivity index (χ0) is 28.6. The van der Waals surface area contributed by atoms with Crippen LogP contribution in [-0.4, -0.2) is 48.9 Å². The van der Waals surface area contributed by atoms with Crippen molar-refractivity contribution in [1.29, 1.82) is 5.41 Å². The predicted molar refractivity (Wildman–Crippen MR) is 167 cm³/mol. The number of nitrogens with one attached hydrogen (secondary N) is 2. The van der Waals surface area contributed by atoms with E-state index in [-0.39, 0.29) is 23.8 Å². The molecule has 41 heavy (non-hydrogen) atoms. The Morgan fingerprint density at radius 1 is 1.12 bits per heavy atom. The summed E-state index contributed by atoms with van der Waals surface area (Å²) in [5.41, 5.74) is 3.26. The minimum atomic E-state index is -0.379. The molecule has 0 aliphatic carbocycles. The first kappa shape index (κ1) is 29.0. The zero-order valence-corrected chi connectivity index (χ0v) is 24.3. The van der Waals surface area contributed by atoms with Crippen molar-refractivity contribution in [1.82, 2.24) is 4.90 Å². The van der Waals surface area contributed by atoms with Crippen LogP contribution in [0.25, 0.3) is 10.1 Å². The number of nitrogens with zero attached hydrogens (tertiary/aromatic N) is 1. The highest BCUT2D eigenvalue weighted by Gasteiger charge is 2.34. The lowest BCUT2D eigenvalue weighted by molar-refractivity contribution is -0.157.